The summed E-state index contributed by atoms with van der Waals surface area (Å²) >= 11 is 0. The van der Waals surface area contributed by atoms with Crippen LogP contribution in [0.15, 0.2) is 36.5 Å². The van der Waals surface area contributed by atoms with Crippen LogP contribution in [0, 0.1) is 17.8 Å². The smallest absolute Gasteiger partial charge is 0.327 e. The number of carboxylic acid groups (broad SMARTS) is 1. The van der Waals surface area contributed by atoms with Gasteiger partial charge in [0.1, 0.15) is 0 Å². The summed E-state index contributed by atoms with van der Waals surface area (Å²) < 4.78 is 6.11. The van der Waals surface area contributed by atoms with Gasteiger partial charge in [-0.05, 0) is 43.9 Å². The van der Waals surface area contributed by atoms with Crippen molar-refractivity contribution in [2.45, 2.75) is 76.1 Å². The number of aliphatic hydroxyl groups is 1. The molecule has 5 atom stereocenters. The highest BCUT2D eigenvalue weighted by Gasteiger charge is 2.46. The van der Waals surface area contributed by atoms with Gasteiger partial charge >= 0.3 is 5.97 Å². The second-order valence-electron chi connectivity index (χ2n) is 8.05. The molecule has 1 unspecified atom stereocenters. The van der Waals surface area contributed by atoms with Crippen molar-refractivity contribution >= 4 is 5.97 Å². The molecular formula is C22H32O4. The fourth-order valence-electron chi connectivity index (χ4n) is 4.91. The minimum atomic E-state index is -0.902. The van der Waals surface area contributed by atoms with Gasteiger partial charge in [0.25, 0.3) is 0 Å². The first-order valence-electron chi connectivity index (χ1n) is 10.2. The SMILES string of the molecule is O=C(O)/C=C/C/C=C\C[C@H]1[C@@H](/C=C/C(O)CC2CCCC2)[C@H]2CC[C@@H]1O2. The predicted molar refractivity (Wildman–Crippen MR) is 102 cm³/mol. The summed E-state index contributed by atoms with van der Waals surface area (Å²) in [4.78, 5) is 10.5. The van der Waals surface area contributed by atoms with Gasteiger partial charge in [-0.1, -0.05) is 56.1 Å². The third-order valence-corrected chi connectivity index (χ3v) is 6.20. The molecular weight excluding hydrogens is 328 g/mol. The number of ether oxygens (including phenoxy) is 1. The Labute approximate surface area is 156 Å². The van der Waals surface area contributed by atoms with E-state index in [1.165, 1.54) is 31.8 Å². The summed E-state index contributed by atoms with van der Waals surface area (Å²) in [6.07, 6.45) is 21.5. The number of aliphatic carboxylic acids is 1. The zero-order chi connectivity index (χ0) is 18.4. The van der Waals surface area contributed by atoms with Gasteiger partial charge in [-0.25, -0.2) is 4.79 Å². The number of hydrogen-bond donors (Lipinski definition) is 2. The Hall–Kier alpha value is -1.39. The van der Waals surface area contributed by atoms with Gasteiger partial charge in [-0.15, -0.1) is 0 Å². The average Bonchev–Trinajstić information content (AvgIpc) is 3.33. The number of fused-ring (bicyclic) bond motifs is 2. The van der Waals surface area contributed by atoms with E-state index < -0.39 is 5.97 Å². The lowest BCUT2D eigenvalue weighted by Gasteiger charge is -2.25. The summed E-state index contributed by atoms with van der Waals surface area (Å²) in [5, 5.41) is 18.9. The summed E-state index contributed by atoms with van der Waals surface area (Å²) in [6.45, 7) is 0. The molecule has 0 aromatic heterocycles. The molecule has 0 amide bonds. The molecule has 2 heterocycles. The van der Waals surface area contributed by atoms with Crippen molar-refractivity contribution in [3.05, 3.63) is 36.5 Å². The van der Waals surface area contributed by atoms with E-state index in [0.29, 0.717) is 36.4 Å². The van der Waals surface area contributed by atoms with Crippen molar-refractivity contribution in [3.8, 4) is 0 Å². The highest BCUT2D eigenvalue weighted by molar-refractivity contribution is 5.79. The first kappa shape index (κ1) is 19.4. The van der Waals surface area contributed by atoms with Crippen LogP contribution in [0.3, 0.4) is 0 Å². The van der Waals surface area contributed by atoms with Crippen LogP contribution in [-0.2, 0) is 9.53 Å². The highest BCUT2D eigenvalue weighted by atomic mass is 16.5. The van der Waals surface area contributed by atoms with Crippen molar-refractivity contribution in [3.63, 3.8) is 0 Å². The molecule has 1 saturated carbocycles. The Morgan fingerprint density at radius 3 is 2.62 bits per heavy atom. The Morgan fingerprint density at radius 2 is 1.85 bits per heavy atom. The fraction of sp³-hybridized carbons (Fsp3) is 0.682. The van der Waals surface area contributed by atoms with Gasteiger partial charge in [0.2, 0.25) is 0 Å². The molecule has 2 saturated heterocycles. The minimum absolute atomic E-state index is 0.306. The van der Waals surface area contributed by atoms with E-state index in [1.807, 2.05) is 12.2 Å². The molecule has 144 valence electrons. The second-order valence-corrected chi connectivity index (χ2v) is 8.05. The van der Waals surface area contributed by atoms with Crippen molar-refractivity contribution in [1.29, 1.82) is 0 Å². The Morgan fingerprint density at radius 1 is 1.08 bits per heavy atom. The van der Waals surface area contributed by atoms with Crippen LogP contribution in [0.5, 0.6) is 0 Å². The van der Waals surface area contributed by atoms with Crippen LogP contribution in [0.1, 0.15) is 57.8 Å². The molecule has 2 bridgehead atoms. The van der Waals surface area contributed by atoms with Crippen LogP contribution in [0.25, 0.3) is 0 Å². The number of allylic oxidation sites excluding steroid dienone is 3. The van der Waals surface area contributed by atoms with Gasteiger partial charge in [0.05, 0.1) is 18.3 Å². The van der Waals surface area contributed by atoms with Crippen molar-refractivity contribution in [2.24, 2.45) is 17.8 Å². The second kappa shape index (κ2) is 9.52. The van der Waals surface area contributed by atoms with E-state index in [0.717, 1.165) is 25.7 Å². The number of rotatable bonds is 9. The highest BCUT2D eigenvalue weighted by Crippen LogP contribution is 2.46. The van der Waals surface area contributed by atoms with E-state index in [1.54, 1.807) is 6.08 Å². The van der Waals surface area contributed by atoms with Crippen LogP contribution in [0.4, 0.5) is 0 Å². The van der Waals surface area contributed by atoms with Gasteiger partial charge in [-0.3, -0.25) is 0 Å². The topological polar surface area (TPSA) is 66.8 Å². The fourth-order valence-corrected chi connectivity index (χ4v) is 4.91. The van der Waals surface area contributed by atoms with E-state index >= 15 is 0 Å². The first-order chi connectivity index (χ1) is 12.6. The lowest BCUT2D eigenvalue weighted by Crippen LogP contribution is -2.25. The van der Waals surface area contributed by atoms with Crippen molar-refractivity contribution < 1.29 is 19.7 Å². The molecule has 0 radical (unpaired) electrons. The summed E-state index contributed by atoms with van der Waals surface area (Å²) in [5.74, 6) is 0.666. The van der Waals surface area contributed by atoms with Crippen molar-refractivity contribution in [2.75, 3.05) is 0 Å². The largest absolute Gasteiger partial charge is 0.478 e. The van der Waals surface area contributed by atoms with Gasteiger partial charge in [0.15, 0.2) is 0 Å². The molecule has 0 aromatic rings. The summed E-state index contributed by atoms with van der Waals surface area (Å²) in [7, 11) is 0. The molecule has 2 N–H and O–H groups in total. The maximum atomic E-state index is 10.5. The molecule has 3 rings (SSSR count). The van der Waals surface area contributed by atoms with Crippen LogP contribution in [-0.4, -0.2) is 34.5 Å². The maximum absolute atomic E-state index is 10.5. The van der Waals surface area contributed by atoms with E-state index in [4.69, 9.17) is 9.84 Å². The zero-order valence-corrected chi connectivity index (χ0v) is 15.5. The molecule has 3 fully saturated rings. The quantitative estimate of drug-likeness (QED) is 0.476. The van der Waals surface area contributed by atoms with Crippen molar-refractivity contribution in [1.82, 2.24) is 0 Å². The Bertz CT molecular complexity index is 544. The molecule has 4 nitrogen and oxygen atoms in total. The molecule has 26 heavy (non-hydrogen) atoms. The normalized spacial score (nSPS) is 33.3. The van der Waals surface area contributed by atoms with Gasteiger partial charge in [0, 0.05) is 12.0 Å². The molecule has 4 heteroatoms. The van der Waals surface area contributed by atoms with E-state index in [2.05, 4.69) is 12.2 Å². The first-order valence-corrected chi connectivity index (χ1v) is 10.2. The minimum Gasteiger partial charge on any atom is -0.478 e. The number of aliphatic hydroxyl groups excluding tert-OH is 1. The van der Waals surface area contributed by atoms with Gasteiger partial charge in [-0.2, -0.15) is 0 Å². The lowest BCUT2D eigenvalue weighted by atomic mass is 9.77. The maximum Gasteiger partial charge on any atom is 0.327 e. The van der Waals surface area contributed by atoms with Crippen LogP contribution in [0.2, 0.25) is 0 Å². The average molecular weight is 360 g/mol. The van der Waals surface area contributed by atoms with Gasteiger partial charge < -0.3 is 14.9 Å². The van der Waals surface area contributed by atoms with E-state index in [9.17, 15) is 9.90 Å². The number of hydrogen-bond acceptors (Lipinski definition) is 3. The predicted octanol–water partition coefficient (Wildman–Crippen LogP) is 4.25. The Balaban J connectivity index is 1.49. The molecule has 3 aliphatic rings. The molecule has 0 aromatic carbocycles. The standard InChI is InChI=1S/C22H32O4/c23-17(15-16-7-5-6-8-16)11-12-19-18(20-13-14-21(19)26-20)9-3-1-2-4-10-22(24)25/h1,3-4,10-12,16-21,23H,2,5-9,13-15H2,(H,24,25)/b3-1-,10-4+,12-11+/t17?,18-,19+,20-,21+/m0/s1. The third kappa shape index (κ3) is 5.31. The monoisotopic (exact) mass is 360 g/mol. The number of carboxylic acids is 1. The van der Waals surface area contributed by atoms with Crippen LogP contribution < -0.4 is 0 Å². The Kier molecular flexibility index (Phi) is 7.09. The third-order valence-electron chi connectivity index (χ3n) is 6.20. The summed E-state index contributed by atoms with van der Waals surface area (Å²) in [5.41, 5.74) is 0. The molecule has 2 aliphatic heterocycles. The van der Waals surface area contributed by atoms with E-state index in [-0.39, 0.29) is 6.10 Å². The summed E-state index contributed by atoms with van der Waals surface area (Å²) in [6, 6.07) is 0. The molecule has 0 spiro atoms. The van der Waals surface area contributed by atoms with Crippen LogP contribution >= 0.6 is 0 Å². The molecule has 1 aliphatic carbocycles. The lowest BCUT2D eigenvalue weighted by molar-refractivity contribution is -0.131. The zero-order valence-electron chi connectivity index (χ0n) is 15.5. The number of carbonyl (C=O) groups is 1.